The molecule has 0 saturated carbocycles. The summed E-state index contributed by atoms with van der Waals surface area (Å²) in [7, 11) is 0. The molecule has 0 heterocycles. The van der Waals surface area contributed by atoms with E-state index in [1.54, 1.807) is 0 Å². The maximum atomic E-state index is 14.8. The quantitative estimate of drug-likeness (QED) is 0.100. The Morgan fingerprint density at radius 3 is 1.68 bits per heavy atom. The lowest BCUT2D eigenvalue weighted by molar-refractivity contribution is -0.189. The smallest absolute Gasteiger partial charge is 0.432 e. The normalized spacial score (nSPS) is 13.2. The predicted octanol–water partition coefficient (Wildman–Crippen LogP) is 8.72. The number of carbonyl (C=O) groups is 1. The van der Waals surface area contributed by atoms with Crippen LogP contribution in [0.25, 0.3) is 22.3 Å². The van der Waals surface area contributed by atoms with Gasteiger partial charge in [0.15, 0.2) is 17.5 Å². The Kier molecular flexibility index (Phi) is 7.15. The lowest BCUT2D eigenvalue weighted by Crippen LogP contribution is -2.34. The summed E-state index contributed by atoms with van der Waals surface area (Å²) in [5.41, 5.74) is 0.728. The summed E-state index contributed by atoms with van der Waals surface area (Å²) in [4.78, 5) is 12.6. The molecular weight excluding hydrogens is 589 g/mol. The van der Waals surface area contributed by atoms with E-state index in [4.69, 9.17) is 4.74 Å². The SMILES string of the molecule is O=CC1(COc2ccc(-c3cc(F)c(C(F)(F)Oc4cc(F)c(F)c(F)c4)c(F)c3)cc2)c2ccccc2-c2ccccc21. The summed E-state index contributed by atoms with van der Waals surface area (Å²) in [6.07, 6.45) is -3.85. The second-order valence-electron chi connectivity index (χ2n) is 10.1. The van der Waals surface area contributed by atoms with E-state index in [0.717, 1.165) is 28.5 Å². The molecule has 222 valence electrons. The molecule has 1 aliphatic rings. The minimum Gasteiger partial charge on any atom is -0.492 e. The van der Waals surface area contributed by atoms with Crippen LogP contribution in [0.4, 0.5) is 30.7 Å². The van der Waals surface area contributed by atoms with E-state index in [0.29, 0.717) is 17.9 Å². The van der Waals surface area contributed by atoms with Crippen molar-refractivity contribution in [3.63, 3.8) is 0 Å². The third kappa shape index (κ3) is 4.86. The van der Waals surface area contributed by atoms with Gasteiger partial charge in [-0.1, -0.05) is 60.7 Å². The van der Waals surface area contributed by atoms with E-state index >= 15 is 0 Å². The molecule has 0 aromatic heterocycles. The molecule has 0 fully saturated rings. The first-order valence-electron chi connectivity index (χ1n) is 13.1. The molecule has 0 unspecified atom stereocenters. The van der Waals surface area contributed by atoms with Crippen molar-refractivity contribution in [2.75, 3.05) is 6.61 Å². The van der Waals surface area contributed by atoms with Gasteiger partial charge in [-0.2, -0.15) is 8.78 Å². The van der Waals surface area contributed by atoms with Crippen LogP contribution in [0, 0.1) is 29.1 Å². The van der Waals surface area contributed by atoms with Gasteiger partial charge in [-0.15, -0.1) is 0 Å². The monoisotopic (exact) mass is 608 g/mol. The number of hydrogen-bond donors (Lipinski definition) is 0. The van der Waals surface area contributed by atoms with E-state index in [-0.39, 0.29) is 29.9 Å². The van der Waals surface area contributed by atoms with Crippen LogP contribution in [0.2, 0.25) is 0 Å². The van der Waals surface area contributed by atoms with E-state index in [1.807, 2.05) is 48.5 Å². The fourth-order valence-corrected chi connectivity index (χ4v) is 5.42. The van der Waals surface area contributed by atoms with E-state index < -0.39 is 51.9 Å². The first-order valence-corrected chi connectivity index (χ1v) is 13.1. The van der Waals surface area contributed by atoms with Crippen LogP contribution in [0.3, 0.4) is 0 Å². The topological polar surface area (TPSA) is 35.5 Å². The first kappa shape index (κ1) is 29.0. The van der Waals surface area contributed by atoms with Crippen LogP contribution in [-0.2, 0) is 16.3 Å². The highest BCUT2D eigenvalue weighted by Crippen LogP contribution is 2.48. The number of halogens is 7. The summed E-state index contributed by atoms with van der Waals surface area (Å²) in [6.45, 7) is -0.0290. The Hall–Kier alpha value is -5.12. The summed E-state index contributed by atoms with van der Waals surface area (Å²) in [5, 5.41) is 0. The minimum atomic E-state index is -4.70. The number of alkyl halides is 2. The lowest BCUT2D eigenvalue weighted by Gasteiger charge is -2.26. The molecule has 0 spiro atoms. The van der Waals surface area contributed by atoms with Gasteiger partial charge >= 0.3 is 6.11 Å². The molecule has 5 aromatic rings. The number of hydrogen-bond acceptors (Lipinski definition) is 3. The molecule has 0 saturated heterocycles. The molecule has 10 heteroatoms. The second-order valence-corrected chi connectivity index (χ2v) is 10.1. The highest BCUT2D eigenvalue weighted by Gasteiger charge is 2.44. The van der Waals surface area contributed by atoms with Gasteiger partial charge < -0.3 is 14.3 Å². The summed E-state index contributed by atoms with van der Waals surface area (Å²) in [5.74, 6) is -9.78. The molecule has 0 N–H and O–H groups in total. The van der Waals surface area contributed by atoms with E-state index in [1.165, 1.54) is 24.3 Å². The first-order chi connectivity index (χ1) is 21.0. The summed E-state index contributed by atoms with van der Waals surface area (Å²) < 4.78 is 109. The van der Waals surface area contributed by atoms with Crippen LogP contribution < -0.4 is 9.47 Å². The number of carbonyl (C=O) groups excluding carboxylic acids is 1. The molecule has 6 rings (SSSR count). The third-order valence-electron chi connectivity index (χ3n) is 7.50. The minimum absolute atomic E-state index is 0.0290. The van der Waals surface area contributed by atoms with E-state index in [9.17, 15) is 35.5 Å². The van der Waals surface area contributed by atoms with Crippen molar-refractivity contribution in [3.05, 3.63) is 143 Å². The average Bonchev–Trinajstić information content (AvgIpc) is 3.28. The Morgan fingerprint density at radius 2 is 1.16 bits per heavy atom. The van der Waals surface area contributed by atoms with Crippen molar-refractivity contribution in [2.24, 2.45) is 0 Å². The molecule has 1 aliphatic carbocycles. The molecular formula is C34H19F7O3. The van der Waals surface area contributed by atoms with Gasteiger partial charge in [0.25, 0.3) is 0 Å². The molecule has 3 nitrogen and oxygen atoms in total. The number of ether oxygens (including phenoxy) is 2. The van der Waals surface area contributed by atoms with Crippen LogP contribution >= 0.6 is 0 Å². The Bertz CT molecular complexity index is 1810. The molecule has 0 radical (unpaired) electrons. The second kappa shape index (κ2) is 10.9. The molecule has 0 bridgehead atoms. The van der Waals surface area contributed by atoms with Crippen molar-refractivity contribution in [3.8, 4) is 33.8 Å². The molecule has 44 heavy (non-hydrogen) atoms. The highest BCUT2D eigenvalue weighted by molar-refractivity contribution is 5.92. The van der Waals surface area contributed by atoms with Crippen LogP contribution in [0.1, 0.15) is 16.7 Å². The van der Waals surface area contributed by atoms with Gasteiger partial charge in [-0.3, -0.25) is 0 Å². The number of aldehydes is 1. The van der Waals surface area contributed by atoms with Crippen LogP contribution in [-0.4, -0.2) is 12.9 Å². The van der Waals surface area contributed by atoms with Crippen LogP contribution in [0.5, 0.6) is 11.5 Å². The third-order valence-corrected chi connectivity index (χ3v) is 7.50. The molecule has 5 aromatic carbocycles. The fourth-order valence-electron chi connectivity index (χ4n) is 5.42. The Labute approximate surface area is 246 Å². The maximum absolute atomic E-state index is 14.8. The van der Waals surface area contributed by atoms with Crippen LogP contribution in [0.15, 0.2) is 97.1 Å². The molecule has 0 aliphatic heterocycles. The van der Waals surface area contributed by atoms with Gasteiger partial charge in [0.05, 0.1) is 0 Å². The Morgan fingerprint density at radius 1 is 0.636 bits per heavy atom. The van der Waals surface area contributed by atoms with Gasteiger partial charge in [0, 0.05) is 12.1 Å². The molecule has 0 atom stereocenters. The maximum Gasteiger partial charge on any atom is 0.432 e. The predicted molar refractivity (Wildman–Crippen MR) is 147 cm³/mol. The van der Waals surface area contributed by atoms with E-state index in [2.05, 4.69) is 4.74 Å². The fraction of sp³-hybridized carbons (Fsp3) is 0.0882. The largest absolute Gasteiger partial charge is 0.492 e. The average molecular weight is 609 g/mol. The van der Waals surface area contributed by atoms with Crippen molar-refractivity contribution < 1.29 is 45.0 Å². The number of rotatable bonds is 8. The Balaban J connectivity index is 1.23. The van der Waals surface area contributed by atoms with Gasteiger partial charge in [0.1, 0.15) is 47.0 Å². The van der Waals surface area contributed by atoms with Crippen molar-refractivity contribution in [1.82, 2.24) is 0 Å². The van der Waals surface area contributed by atoms with Gasteiger partial charge in [-0.25, -0.2) is 22.0 Å². The van der Waals surface area contributed by atoms with Crippen molar-refractivity contribution in [2.45, 2.75) is 11.5 Å². The molecule has 0 amide bonds. The summed E-state index contributed by atoms with van der Waals surface area (Å²) >= 11 is 0. The van der Waals surface area contributed by atoms with Crippen molar-refractivity contribution in [1.29, 1.82) is 0 Å². The summed E-state index contributed by atoms with van der Waals surface area (Å²) in [6, 6.07) is 22.5. The van der Waals surface area contributed by atoms with Gasteiger partial charge in [0.2, 0.25) is 0 Å². The van der Waals surface area contributed by atoms with Crippen molar-refractivity contribution >= 4 is 6.29 Å². The van der Waals surface area contributed by atoms with Gasteiger partial charge in [-0.05, 0) is 57.6 Å². The zero-order valence-corrected chi connectivity index (χ0v) is 22.4. The zero-order valence-electron chi connectivity index (χ0n) is 22.4. The zero-order chi connectivity index (χ0) is 31.2. The number of benzene rings is 5. The number of fused-ring (bicyclic) bond motifs is 3. The highest BCUT2D eigenvalue weighted by atomic mass is 19.3. The lowest BCUT2D eigenvalue weighted by atomic mass is 9.80. The standard InChI is InChI=1S/C34H19F7O3/c35-27-13-20(14-28(36)31(27)34(40,41)44-22-15-29(37)32(39)30(38)16-22)19-9-11-21(12-10-19)43-18-33(17-42)25-7-3-1-5-23(25)24-6-2-4-8-26(24)33/h1-17H,18H2.